The van der Waals surface area contributed by atoms with Crippen molar-refractivity contribution in [1.82, 2.24) is 0 Å². The Morgan fingerprint density at radius 3 is 1.32 bits per heavy atom. The molecule has 2 nitrogen and oxygen atoms in total. The van der Waals surface area contributed by atoms with Crippen LogP contribution in [0.25, 0.3) is 0 Å². The van der Waals surface area contributed by atoms with E-state index in [1.54, 1.807) is 0 Å². The summed E-state index contributed by atoms with van der Waals surface area (Å²) in [6.07, 6.45) is 8.32. The highest BCUT2D eigenvalue weighted by Gasteiger charge is 2.59. The molecule has 0 aromatic heterocycles. The highest BCUT2D eigenvalue weighted by atomic mass is 28.3. The van der Waals surface area contributed by atoms with Gasteiger partial charge >= 0.3 is 0 Å². The lowest BCUT2D eigenvalue weighted by Crippen LogP contribution is -2.72. The van der Waals surface area contributed by atoms with Crippen molar-refractivity contribution in [1.29, 1.82) is 0 Å². The standard InChI is InChI=1S/C27H40O2Si2/c1-30(2,24-15-7-5-8-16-24)26(19-11-13-21-28-26)23-27(20-12-14-22-29-27)31(3,4)25-17-9-6-10-18-25/h5-10,15-18H,11-14,19-23H2,1-4H3. The second kappa shape index (κ2) is 8.97. The van der Waals surface area contributed by atoms with Crippen molar-refractivity contribution in [3.8, 4) is 0 Å². The molecule has 2 aliphatic heterocycles. The third-order valence-electron chi connectivity index (χ3n) is 8.55. The van der Waals surface area contributed by atoms with Gasteiger partial charge in [0.1, 0.15) is 16.1 Å². The molecular weight excluding hydrogens is 412 g/mol. The minimum Gasteiger partial charge on any atom is -0.378 e. The summed E-state index contributed by atoms with van der Waals surface area (Å²) >= 11 is 0. The van der Waals surface area contributed by atoms with Crippen molar-refractivity contribution in [2.24, 2.45) is 0 Å². The second-order valence-electron chi connectivity index (χ2n) is 10.8. The number of ether oxygens (including phenoxy) is 2. The van der Waals surface area contributed by atoms with Gasteiger partial charge in [-0.2, -0.15) is 0 Å². The van der Waals surface area contributed by atoms with Gasteiger partial charge in [-0.25, -0.2) is 0 Å². The van der Waals surface area contributed by atoms with Crippen LogP contribution in [0.15, 0.2) is 60.7 Å². The molecule has 4 rings (SSSR count). The quantitative estimate of drug-likeness (QED) is 0.534. The Morgan fingerprint density at radius 1 is 0.613 bits per heavy atom. The van der Waals surface area contributed by atoms with Gasteiger partial charge in [0.25, 0.3) is 0 Å². The predicted molar refractivity (Wildman–Crippen MR) is 137 cm³/mol. The van der Waals surface area contributed by atoms with Crippen LogP contribution in [-0.2, 0) is 9.47 Å². The van der Waals surface area contributed by atoms with Crippen molar-refractivity contribution >= 4 is 26.5 Å². The summed E-state index contributed by atoms with van der Waals surface area (Å²) in [5.74, 6) is 0. The summed E-state index contributed by atoms with van der Waals surface area (Å²) in [5.41, 5.74) is 0. The molecule has 0 saturated carbocycles. The zero-order valence-corrected chi connectivity index (χ0v) is 22.0. The van der Waals surface area contributed by atoms with Crippen molar-refractivity contribution < 1.29 is 9.47 Å². The van der Waals surface area contributed by atoms with Crippen LogP contribution in [0.5, 0.6) is 0 Å². The van der Waals surface area contributed by atoms with Gasteiger partial charge in [0.15, 0.2) is 0 Å². The zero-order valence-electron chi connectivity index (χ0n) is 20.0. The van der Waals surface area contributed by atoms with E-state index >= 15 is 0 Å². The summed E-state index contributed by atoms with van der Waals surface area (Å²) in [6.45, 7) is 12.0. The van der Waals surface area contributed by atoms with Gasteiger partial charge < -0.3 is 9.47 Å². The molecule has 0 bridgehead atoms. The van der Waals surface area contributed by atoms with Crippen LogP contribution >= 0.6 is 0 Å². The molecule has 2 fully saturated rings. The number of hydrogen-bond acceptors (Lipinski definition) is 2. The molecule has 2 unspecified atom stereocenters. The maximum Gasteiger partial charge on any atom is 0.117 e. The summed E-state index contributed by atoms with van der Waals surface area (Å²) < 4.78 is 13.9. The lowest BCUT2D eigenvalue weighted by atomic mass is 9.97. The molecule has 2 aliphatic rings. The highest BCUT2D eigenvalue weighted by molar-refractivity contribution is 6.94. The molecule has 0 radical (unpaired) electrons. The Bertz CT molecular complexity index is 765. The van der Waals surface area contributed by atoms with E-state index in [0.29, 0.717) is 0 Å². The first-order valence-electron chi connectivity index (χ1n) is 12.2. The smallest absolute Gasteiger partial charge is 0.117 e. The Hall–Kier alpha value is -1.21. The van der Waals surface area contributed by atoms with Crippen LogP contribution in [-0.4, -0.2) is 39.8 Å². The Labute approximate surface area is 191 Å². The normalized spacial score (nSPS) is 27.7. The van der Waals surface area contributed by atoms with Gasteiger partial charge in [-0.3, -0.25) is 0 Å². The van der Waals surface area contributed by atoms with E-state index in [1.807, 2.05) is 0 Å². The maximum atomic E-state index is 6.95. The minimum absolute atomic E-state index is 0.0665. The first-order chi connectivity index (χ1) is 14.8. The zero-order chi connectivity index (χ0) is 22.0. The molecule has 4 heteroatoms. The highest BCUT2D eigenvalue weighted by Crippen LogP contribution is 2.47. The monoisotopic (exact) mass is 452 g/mol. The first-order valence-corrected chi connectivity index (χ1v) is 18.2. The van der Waals surface area contributed by atoms with Gasteiger partial charge in [0, 0.05) is 19.6 Å². The summed E-state index contributed by atoms with van der Waals surface area (Å²) in [6, 6.07) is 22.5. The van der Waals surface area contributed by atoms with Gasteiger partial charge in [0.05, 0.1) is 10.4 Å². The number of hydrogen-bond donors (Lipinski definition) is 0. The van der Waals surface area contributed by atoms with Gasteiger partial charge in [-0.05, 0) is 38.5 Å². The van der Waals surface area contributed by atoms with Crippen LogP contribution in [0.1, 0.15) is 44.9 Å². The Morgan fingerprint density at radius 2 is 1.00 bits per heavy atom. The lowest BCUT2D eigenvalue weighted by molar-refractivity contribution is -0.0998. The molecule has 0 aliphatic carbocycles. The van der Waals surface area contributed by atoms with Gasteiger partial charge in [-0.15, -0.1) is 0 Å². The summed E-state index contributed by atoms with van der Waals surface area (Å²) in [4.78, 5) is 0. The molecule has 2 saturated heterocycles. The molecule has 0 spiro atoms. The number of benzene rings is 2. The third kappa shape index (κ3) is 4.12. The molecule has 0 N–H and O–H groups in total. The third-order valence-corrected chi connectivity index (χ3v) is 17.8. The molecule has 2 aromatic rings. The average molecular weight is 453 g/mol. The van der Waals surface area contributed by atoms with E-state index in [9.17, 15) is 0 Å². The molecule has 31 heavy (non-hydrogen) atoms. The first kappa shape index (κ1) is 23.0. The molecule has 2 aromatic carbocycles. The van der Waals surface area contributed by atoms with E-state index in [0.717, 1.165) is 19.6 Å². The van der Waals surface area contributed by atoms with Gasteiger partial charge in [-0.1, -0.05) is 97.2 Å². The molecule has 168 valence electrons. The topological polar surface area (TPSA) is 18.5 Å². The van der Waals surface area contributed by atoms with E-state index in [1.165, 1.54) is 48.9 Å². The Kier molecular flexibility index (Phi) is 6.65. The molecule has 2 atom stereocenters. The van der Waals surface area contributed by atoms with E-state index < -0.39 is 16.1 Å². The van der Waals surface area contributed by atoms with Crippen LogP contribution < -0.4 is 10.4 Å². The van der Waals surface area contributed by atoms with E-state index in [-0.39, 0.29) is 10.4 Å². The fourth-order valence-electron chi connectivity index (χ4n) is 6.11. The predicted octanol–water partition coefficient (Wildman–Crippen LogP) is 5.56. The van der Waals surface area contributed by atoms with Crippen molar-refractivity contribution in [2.75, 3.05) is 13.2 Å². The van der Waals surface area contributed by atoms with Crippen LogP contribution in [0, 0.1) is 0 Å². The molecule has 2 heterocycles. The largest absolute Gasteiger partial charge is 0.378 e. The van der Waals surface area contributed by atoms with Gasteiger partial charge in [0.2, 0.25) is 0 Å². The SMILES string of the molecule is C[Si](C)(c1ccccc1)C1(CC2([Si](C)(C)c3ccccc3)CCCCO2)CCCCO1. The van der Waals surface area contributed by atoms with E-state index in [4.69, 9.17) is 9.47 Å². The maximum absolute atomic E-state index is 6.95. The van der Waals surface area contributed by atoms with Crippen LogP contribution in [0.2, 0.25) is 26.2 Å². The molecular formula is C27H40O2Si2. The Balaban J connectivity index is 1.79. The van der Waals surface area contributed by atoms with Crippen molar-refractivity contribution in [2.45, 2.75) is 81.6 Å². The lowest BCUT2D eigenvalue weighted by Gasteiger charge is -2.57. The summed E-state index contributed by atoms with van der Waals surface area (Å²) in [5, 5.41) is 2.90. The molecule has 0 amide bonds. The number of rotatable bonds is 6. The fraction of sp³-hybridized carbons (Fsp3) is 0.556. The minimum atomic E-state index is -1.92. The van der Waals surface area contributed by atoms with Crippen molar-refractivity contribution in [3.05, 3.63) is 60.7 Å². The second-order valence-corrected chi connectivity index (χ2v) is 20.2. The van der Waals surface area contributed by atoms with Crippen LogP contribution in [0.3, 0.4) is 0 Å². The summed E-state index contributed by atoms with van der Waals surface area (Å²) in [7, 11) is -3.84. The van der Waals surface area contributed by atoms with Crippen molar-refractivity contribution in [3.63, 3.8) is 0 Å². The van der Waals surface area contributed by atoms with E-state index in [2.05, 4.69) is 86.9 Å². The van der Waals surface area contributed by atoms with Crippen LogP contribution in [0.4, 0.5) is 0 Å². The average Bonchev–Trinajstić information content (AvgIpc) is 2.81. The fourth-order valence-corrected chi connectivity index (χ4v) is 13.4.